The Morgan fingerprint density at radius 2 is 1.12 bits per heavy atom. The Kier molecular flexibility index (Phi) is 20.5. The van der Waals surface area contributed by atoms with Gasteiger partial charge in [0.25, 0.3) is 0 Å². The Bertz CT molecular complexity index is 292. The van der Waals surface area contributed by atoms with Gasteiger partial charge in [-0.05, 0) is 12.8 Å². The number of rotatable bonds is 20. The van der Waals surface area contributed by atoms with Crippen LogP contribution in [0.25, 0.3) is 0 Å². The third kappa shape index (κ3) is 21.1. The van der Waals surface area contributed by atoms with Crippen LogP contribution in [0.15, 0.2) is 0 Å². The highest BCUT2D eigenvalue weighted by atomic mass is 16.1. The Morgan fingerprint density at radius 3 is 1.56 bits per heavy atom. The van der Waals surface area contributed by atoms with Crippen LogP contribution in [0.1, 0.15) is 122 Å². The average Bonchev–Trinajstić information content (AvgIpc) is 2.62. The fourth-order valence-electron chi connectivity index (χ4n) is 3.16. The molecule has 148 valence electrons. The molecule has 0 spiro atoms. The van der Waals surface area contributed by atoms with Gasteiger partial charge in [-0.2, -0.15) is 0 Å². The highest BCUT2D eigenvalue weighted by Gasteiger charge is 2.00. The number of carbonyl (C=O) groups is 2. The Morgan fingerprint density at radius 1 is 0.680 bits per heavy atom. The zero-order valence-electron chi connectivity index (χ0n) is 16.8. The molecule has 0 radical (unpaired) electrons. The lowest BCUT2D eigenvalue weighted by Gasteiger charge is -2.04. The number of unbranched alkanes of at least 4 members (excludes halogenated alkanes) is 15. The largest absolute Gasteiger partial charge is 0.356 e. The molecule has 0 saturated heterocycles. The number of carbonyl (C=O) groups excluding carboxylic acids is 2. The van der Waals surface area contributed by atoms with Crippen molar-refractivity contribution in [3.05, 3.63) is 0 Å². The van der Waals surface area contributed by atoms with Gasteiger partial charge in [-0.15, -0.1) is 0 Å². The van der Waals surface area contributed by atoms with Gasteiger partial charge >= 0.3 is 0 Å². The zero-order chi connectivity index (χ0) is 18.4. The minimum atomic E-state index is 0.139. The van der Waals surface area contributed by atoms with Crippen molar-refractivity contribution in [2.24, 2.45) is 0 Å². The molecule has 3 heteroatoms. The maximum absolute atomic E-state index is 11.5. The Balaban J connectivity index is 3.09. The Hall–Kier alpha value is -0.860. The molecule has 3 nitrogen and oxygen atoms in total. The van der Waals surface area contributed by atoms with Crippen molar-refractivity contribution in [3.8, 4) is 0 Å². The van der Waals surface area contributed by atoms with Gasteiger partial charge in [-0.1, -0.05) is 96.8 Å². The summed E-state index contributed by atoms with van der Waals surface area (Å²) in [5.74, 6) is 0.139. The first-order chi connectivity index (χ1) is 12.3. The fourth-order valence-corrected chi connectivity index (χ4v) is 3.16. The van der Waals surface area contributed by atoms with Crippen LogP contribution in [0.5, 0.6) is 0 Å². The van der Waals surface area contributed by atoms with E-state index in [1.54, 1.807) is 0 Å². The van der Waals surface area contributed by atoms with Gasteiger partial charge in [0.1, 0.15) is 6.29 Å². The number of hydrogen-bond donors (Lipinski definition) is 1. The van der Waals surface area contributed by atoms with Gasteiger partial charge < -0.3 is 10.1 Å². The number of hydrogen-bond acceptors (Lipinski definition) is 2. The third-order valence-corrected chi connectivity index (χ3v) is 4.83. The second-order valence-corrected chi connectivity index (χ2v) is 7.36. The molecule has 0 aliphatic carbocycles. The molecule has 0 aliphatic rings. The minimum Gasteiger partial charge on any atom is -0.356 e. The topological polar surface area (TPSA) is 46.2 Å². The molecule has 0 heterocycles. The molecule has 0 bridgehead atoms. The maximum atomic E-state index is 11.5. The normalized spacial score (nSPS) is 10.8. The van der Waals surface area contributed by atoms with Crippen LogP contribution in [-0.2, 0) is 9.59 Å². The van der Waals surface area contributed by atoms with Crippen molar-refractivity contribution in [1.82, 2.24) is 5.32 Å². The van der Waals surface area contributed by atoms with Crippen molar-refractivity contribution >= 4 is 12.2 Å². The molecule has 0 atom stereocenters. The van der Waals surface area contributed by atoms with E-state index in [0.717, 1.165) is 19.1 Å². The van der Waals surface area contributed by atoms with E-state index < -0.39 is 0 Å². The van der Waals surface area contributed by atoms with E-state index in [0.29, 0.717) is 19.4 Å². The summed E-state index contributed by atoms with van der Waals surface area (Å²) in [6.45, 7) is 2.91. The zero-order valence-corrected chi connectivity index (χ0v) is 16.8. The van der Waals surface area contributed by atoms with Gasteiger partial charge in [0.2, 0.25) is 5.91 Å². The van der Waals surface area contributed by atoms with Gasteiger partial charge in [-0.25, -0.2) is 0 Å². The predicted octanol–water partition coefficient (Wildman–Crippen LogP) is 6.34. The van der Waals surface area contributed by atoms with Crippen LogP contribution in [0, 0.1) is 0 Å². The van der Waals surface area contributed by atoms with Crippen LogP contribution >= 0.6 is 0 Å². The molecule has 0 aromatic heterocycles. The SMILES string of the molecule is CCCCCCCCCCCCCCCCCC(=O)NCCCC=O. The van der Waals surface area contributed by atoms with Crippen LogP contribution in [0.3, 0.4) is 0 Å². The van der Waals surface area contributed by atoms with Crippen molar-refractivity contribution in [2.75, 3.05) is 6.54 Å². The smallest absolute Gasteiger partial charge is 0.219 e. The first kappa shape index (κ1) is 24.1. The summed E-state index contributed by atoms with van der Waals surface area (Å²) in [5.41, 5.74) is 0. The summed E-state index contributed by atoms with van der Waals surface area (Å²) in [6.07, 6.45) is 23.0. The molecule has 1 N–H and O–H groups in total. The van der Waals surface area contributed by atoms with Crippen molar-refractivity contribution in [2.45, 2.75) is 122 Å². The van der Waals surface area contributed by atoms with Gasteiger partial charge in [0.15, 0.2) is 0 Å². The van der Waals surface area contributed by atoms with E-state index in [1.807, 2.05) is 0 Å². The third-order valence-electron chi connectivity index (χ3n) is 4.83. The maximum Gasteiger partial charge on any atom is 0.219 e. The van der Waals surface area contributed by atoms with E-state index >= 15 is 0 Å². The van der Waals surface area contributed by atoms with E-state index in [1.165, 1.54) is 89.9 Å². The van der Waals surface area contributed by atoms with Crippen LogP contribution < -0.4 is 5.32 Å². The van der Waals surface area contributed by atoms with Crippen LogP contribution in [0.2, 0.25) is 0 Å². The molecule has 0 fully saturated rings. The quantitative estimate of drug-likeness (QED) is 0.205. The van der Waals surface area contributed by atoms with E-state index in [4.69, 9.17) is 0 Å². The standard InChI is InChI=1S/C22H43NO2/c1-2-3-4-5-6-7-8-9-10-11-12-13-14-15-16-19-22(25)23-20-17-18-21-24/h21H,2-20H2,1H3,(H,23,25). The molecule has 0 aromatic carbocycles. The summed E-state index contributed by atoms with van der Waals surface area (Å²) in [7, 11) is 0. The van der Waals surface area contributed by atoms with Gasteiger partial charge in [0, 0.05) is 19.4 Å². The van der Waals surface area contributed by atoms with Gasteiger partial charge in [0.05, 0.1) is 0 Å². The van der Waals surface area contributed by atoms with Crippen molar-refractivity contribution in [3.63, 3.8) is 0 Å². The number of nitrogens with one attached hydrogen (secondary N) is 1. The average molecular weight is 354 g/mol. The van der Waals surface area contributed by atoms with Crippen molar-refractivity contribution in [1.29, 1.82) is 0 Å². The minimum absolute atomic E-state index is 0.139. The number of amides is 1. The predicted molar refractivity (Wildman–Crippen MR) is 108 cm³/mol. The first-order valence-corrected chi connectivity index (χ1v) is 11.0. The summed E-state index contributed by atoms with van der Waals surface area (Å²) in [6, 6.07) is 0. The molecule has 1 amide bonds. The summed E-state index contributed by atoms with van der Waals surface area (Å²) in [4.78, 5) is 21.7. The summed E-state index contributed by atoms with van der Waals surface area (Å²) in [5, 5.41) is 2.87. The lowest BCUT2D eigenvalue weighted by Crippen LogP contribution is -2.24. The highest BCUT2D eigenvalue weighted by molar-refractivity contribution is 5.75. The molecule has 0 aliphatic heterocycles. The number of aldehydes is 1. The van der Waals surface area contributed by atoms with Crippen LogP contribution in [-0.4, -0.2) is 18.7 Å². The highest BCUT2D eigenvalue weighted by Crippen LogP contribution is 2.13. The second kappa shape index (κ2) is 21.2. The molecule has 0 aromatic rings. The molecule has 0 saturated carbocycles. The fraction of sp³-hybridized carbons (Fsp3) is 0.909. The molecular weight excluding hydrogens is 310 g/mol. The van der Waals surface area contributed by atoms with Crippen LogP contribution in [0.4, 0.5) is 0 Å². The van der Waals surface area contributed by atoms with E-state index in [-0.39, 0.29) is 5.91 Å². The lowest BCUT2D eigenvalue weighted by molar-refractivity contribution is -0.121. The lowest BCUT2D eigenvalue weighted by atomic mass is 10.0. The summed E-state index contributed by atoms with van der Waals surface area (Å²) < 4.78 is 0. The summed E-state index contributed by atoms with van der Waals surface area (Å²) >= 11 is 0. The van der Waals surface area contributed by atoms with Crippen molar-refractivity contribution < 1.29 is 9.59 Å². The second-order valence-electron chi connectivity index (χ2n) is 7.36. The van der Waals surface area contributed by atoms with Gasteiger partial charge in [-0.3, -0.25) is 4.79 Å². The first-order valence-electron chi connectivity index (χ1n) is 11.0. The van der Waals surface area contributed by atoms with E-state index in [2.05, 4.69) is 12.2 Å². The molecule has 25 heavy (non-hydrogen) atoms. The Labute approximate surface area is 156 Å². The molecular formula is C22H43NO2. The molecule has 0 rings (SSSR count). The monoisotopic (exact) mass is 353 g/mol. The van der Waals surface area contributed by atoms with E-state index in [9.17, 15) is 9.59 Å². The molecule has 0 unspecified atom stereocenters.